The molecular formula is C17H21N3OS2. The molecule has 6 heteroatoms. The molecule has 0 amide bonds. The molecule has 2 aliphatic rings. The van der Waals surface area contributed by atoms with Crippen molar-refractivity contribution in [3.63, 3.8) is 0 Å². The van der Waals surface area contributed by atoms with Gasteiger partial charge in [-0.15, -0.1) is 10.2 Å². The monoisotopic (exact) mass is 347 g/mol. The zero-order chi connectivity index (χ0) is 15.5. The van der Waals surface area contributed by atoms with E-state index in [1.54, 1.807) is 11.3 Å². The molecule has 2 aromatic rings. The van der Waals surface area contributed by atoms with Crippen molar-refractivity contribution in [2.75, 3.05) is 18.5 Å². The number of aryl methyl sites for hydroxylation is 1. The number of nitrogens with one attached hydrogen (secondary N) is 1. The van der Waals surface area contributed by atoms with Gasteiger partial charge in [0.1, 0.15) is 0 Å². The van der Waals surface area contributed by atoms with Gasteiger partial charge >= 0.3 is 0 Å². The number of rotatable bonds is 5. The largest absolute Gasteiger partial charge is 0.376 e. The minimum Gasteiger partial charge on any atom is -0.376 e. The molecule has 1 aliphatic heterocycles. The lowest BCUT2D eigenvalue weighted by Crippen LogP contribution is -2.18. The van der Waals surface area contributed by atoms with E-state index in [1.165, 1.54) is 36.8 Å². The van der Waals surface area contributed by atoms with Crippen LogP contribution in [0.1, 0.15) is 42.1 Å². The van der Waals surface area contributed by atoms with Crippen LogP contribution in [0.5, 0.6) is 0 Å². The topological polar surface area (TPSA) is 47.0 Å². The normalized spacial score (nSPS) is 23.7. The van der Waals surface area contributed by atoms with Crippen molar-refractivity contribution in [3.8, 4) is 0 Å². The lowest BCUT2D eigenvalue weighted by molar-refractivity contribution is 0.120. The highest BCUT2D eigenvalue weighted by Gasteiger charge is 2.22. The maximum absolute atomic E-state index is 5.63. The number of aromatic nitrogens is 2. The average Bonchev–Trinajstić information content (AvgIpc) is 3.25. The Kier molecular flexibility index (Phi) is 4.82. The van der Waals surface area contributed by atoms with Gasteiger partial charge in [0.15, 0.2) is 4.34 Å². The molecule has 2 heterocycles. The van der Waals surface area contributed by atoms with Gasteiger partial charge in [-0.05, 0) is 43.2 Å². The molecular weight excluding hydrogens is 326 g/mol. The Balaban J connectivity index is 1.38. The molecule has 122 valence electrons. The summed E-state index contributed by atoms with van der Waals surface area (Å²) in [6.45, 7) is 1.73. The van der Waals surface area contributed by atoms with E-state index in [0.717, 1.165) is 29.0 Å². The highest BCUT2D eigenvalue weighted by molar-refractivity contribution is 8.01. The zero-order valence-corrected chi connectivity index (χ0v) is 14.7. The number of anilines is 1. The van der Waals surface area contributed by atoms with Gasteiger partial charge in [0.2, 0.25) is 5.13 Å². The molecule has 0 bridgehead atoms. The standard InChI is InChI=1S/C17H21N3OS2/c1-2-8-14-12(5-1)6-3-9-15(14)22-17-20-19-16(23-17)18-11-13-7-4-10-21-13/h1-2,5,8,13,15H,3-4,6-7,9-11H2,(H,18,19)/t13-,15-/m0/s1. The van der Waals surface area contributed by atoms with E-state index >= 15 is 0 Å². The van der Waals surface area contributed by atoms with Gasteiger partial charge in [-0.25, -0.2) is 0 Å². The van der Waals surface area contributed by atoms with E-state index in [-0.39, 0.29) is 0 Å². The Labute approximate surface area is 145 Å². The predicted molar refractivity (Wildman–Crippen MR) is 95.4 cm³/mol. The summed E-state index contributed by atoms with van der Waals surface area (Å²) in [6, 6.07) is 8.82. The Morgan fingerprint density at radius 1 is 1.22 bits per heavy atom. The molecule has 0 radical (unpaired) electrons. The molecule has 1 N–H and O–H groups in total. The van der Waals surface area contributed by atoms with Crippen molar-refractivity contribution < 1.29 is 4.74 Å². The van der Waals surface area contributed by atoms with Gasteiger partial charge in [0, 0.05) is 18.4 Å². The molecule has 0 unspecified atom stereocenters. The van der Waals surface area contributed by atoms with Crippen molar-refractivity contribution in [3.05, 3.63) is 35.4 Å². The van der Waals surface area contributed by atoms with Crippen LogP contribution in [0.4, 0.5) is 5.13 Å². The SMILES string of the molecule is c1ccc2c(c1)CCC[C@@H]2Sc1nnc(NC[C@@H]2CCCO2)s1. The first kappa shape index (κ1) is 15.4. The Hall–Kier alpha value is -1.11. The van der Waals surface area contributed by atoms with E-state index in [2.05, 4.69) is 39.8 Å². The molecule has 1 aromatic carbocycles. The molecule has 1 fully saturated rings. The molecule has 1 aliphatic carbocycles. The highest BCUT2D eigenvalue weighted by Crippen LogP contribution is 2.44. The van der Waals surface area contributed by atoms with Crippen molar-refractivity contribution in [2.45, 2.75) is 47.8 Å². The van der Waals surface area contributed by atoms with Gasteiger partial charge in [0.25, 0.3) is 0 Å². The number of thioether (sulfide) groups is 1. The number of ether oxygens (including phenoxy) is 1. The van der Waals surface area contributed by atoms with Crippen LogP contribution < -0.4 is 5.32 Å². The summed E-state index contributed by atoms with van der Waals surface area (Å²) in [4.78, 5) is 0. The first-order chi connectivity index (χ1) is 11.4. The van der Waals surface area contributed by atoms with Crippen LogP contribution in [0.3, 0.4) is 0 Å². The highest BCUT2D eigenvalue weighted by atomic mass is 32.2. The molecule has 4 rings (SSSR count). The van der Waals surface area contributed by atoms with Crippen LogP contribution in [-0.4, -0.2) is 29.5 Å². The minimum absolute atomic E-state index is 0.334. The number of nitrogens with zero attached hydrogens (tertiary/aromatic N) is 2. The second kappa shape index (κ2) is 7.20. The minimum atomic E-state index is 0.334. The second-order valence-electron chi connectivity index (χ2n) is 6.09. The van der Waals surface area contributed by atoms with E-state index in [4.69, 9.17) is 4.74 Å². The summed E-state index contributed by atoms with van der Waals surface area (Å²) < 4.78 is 6.69. The van der Waals surface area contributed by atoms with E-state index in [0.29, 0.717) is 11.4 Å². The first-order valence-corrected chi connectivity index (χ1v) is 10.0. The Bertz CT molecular complexity index is 655. The first-order valence-electron chi connectivity index (χ1n) is 8.32. The third-order valence-electron chi connectivity index (χ3n) is 4.47. The third kappa shape index (κ3) is 3.70. The zero-order valence-electron chi connectivity index (χ0n) is 13.0. The number of hydrogen-bond acceptors (Lipinski definition) is 6. The fourth-order valence-electron chi connectivity index (χ4n) is 3.29. The lowest BCUT2D eigenvalue weighted by atomic mass is 9.91. The van der Waals surface area contributed by atoms with Crippen LogP contribution >= 0.6 is 23.1 Å². The van der Waals surface area contributed by atoms with E-state index in [1.807, 2.05) is 11.8 Å². The van der Waals surface area contributed by atoms with Gasteiger partial charge in [-0.2, -0.15) is 0 Å². The van der Waals surface area contributed by atoms with Crippen LogP contribution in [-0.2, 0) is 11.2 Å². The molecule has 2 atom stereocenters. The summed E-state index contributed by atoms with van der Waals surface area (Å²) in [5, 5.41) is 13.4. The number of benzene rings is 1. The molecule has 1 aromatic heterocycles. The van der Waals surface area contributed by atoms with Crippen LogP contribution in [0.25, 0.3) is 0 Å². The van der Waals surface area contributed by atoms with Gasteiger partial charge in [-0.3, -0.25) is 0 Å². The maximum atomic E-state index is 5.63. The average molecular weight is 348 g/mol. The summed E-state index contributed by atoms with van der Waals surface area (Å²) in [6.07, 6.45) is 6.34. The summed E-state index contributed by atoms with van der Waals surface area (Å²) in [5.41, 5.74) is 2.98. The quantitative estimate of drug-likeness (QED) is 0.874. The lowest BCUT2D eigenvalue weighted by Gasteiger charge is -2.23. The molecule has 23 heavy (non-hydrogen) atoms. The smallest absolute Gasteiger partial charge is 0.206 e. The van der Waals surface area contributed by atoms with Crippen molar-refractivity contribution >= 4 is 28.2 Å². The van der Waals surface area contributed by atoms with Crippen LogP contribution in [0.2, 0.25) is 0 Å². The van der Waals surface area contributed by atoms with Gasteiger partial charge in [-0.1, -0.05) is 47.4 Å². The summed E-state index contributed by atoms with van der Waals surface area (Å²) in [5.74, 6) is 0. The summed E-state index contributed by atoms with van der Waals surface area (Å²) in [7, 11) is 0. The fraction of sp³-hybridized carbons (Fsp3) is 0.529. The number of fused-ring (bicyclic) bond motifs is 1. The van der Waals surface area contributed by atoms with Crippen molar-refractivity contribution in [1.29, 1.82) is 0 Å². The molecule has 4 nitrogen and oxygen atoms in total. The predicted octanol–water partition coefficient (Wildman–Crippen LogP) is 4.30. The van der Waals surface area contributed by atoms with Gasteiger partial charge in [0.05, 0.1) is 6.10 Å². The molecule has 0 spiro atoms. The summed E-state index contributed by atoms with van der Waals surface area (Å²) >= 11 is 3.52. The number of hydrogen-bond donors (Lipinski definition) is 1. The Morgan fingerprint density at radius 3 is 3.09 bits per heavy atom. The van der Waals surface area contributed by atoms with Crippen LogP contribution in [0.15, 0.2) is 28.6 Å². The third-order valence-corrected chi connectivity index (χ3v) is 6.74. The van der Waals surface area contributed by atoms with Crippen molar-refractivity contribution in [1.82, 2.24) is 10.2 Å². The van der Waals surface area contributed by atoms with E-state index in [9.17, 15) is 0 Å². The second-order valence-corrected chi connectivity index (χ2v) is 8.51. The Morgan fingerprint density at radius 2 is 2.17 bits per heavy atom. The van der Waals surface area contributed by atoms with E-state index < -0.39 is 0 Å². The fourth-order valence-corrected chi connectivity index (χ4v) is 5.52. The molecule has 0 saturated carbocycles. The maximum Gasteiger partial charge on any atom is 0.206 e. The molecule has 1 saturated heterocycles. The van der Waals surface area contributed by atoms with Crippen LogP contribution in [0, 0.1) is 0 Å². The van der Waals surface area contributed by atoms with Crippen molar-refractivity contribution in [2.24, 2.45) is 0 Å². The van der Waals surface area contributed by atoms with Gasteiger partial charge < -0.3 is 10.1 Å².